The maximum Gasteiger partial charge on any atom is 0.234 e. The van der Waals surface area contributed by atoms with Crippen LogP contribution in [0, 0.1) is 5.92 Å². The lowest BCUT2D eigenvalue weighted by Crippen LogP contribution is -2.42. The zero-order valence-electron chi connectivity index (χ0n) is 7.71. The summed E-state index contributed by atoms with van der Waals surface area (Å²) in [6, 6.07) is -0.265. The van der Waals surface area contributed by atoms with Crippen LogP contribution in [-0.4, -0.2) is 30.2 Å². The first-order valence-electron chi connectivity index (χ1n) is 4.25. The van der Waals surface area contributed by atoms with Gasteiger partial charge in [-0.3, -0.25) is 4.79 Å². The van der Waals surface area contributed by atoms with E-state index in [-0.39, 0.29) is 24.5 Å². The van der Waals surface area contributed by atoms with Gasteiger partial charge in [0.25, 0.3) is 0 Å². The third-order valence-corrected chi connectivity index (χ3v) is 1.78. The Bertz CT molecular complexity index is 139. The number of primary amides is 1. The van der Waals surface area contributed by atoms with E-state index in [0.29, 0.717) is 13.0 Å². The van der Waals surface area contributed by atoms with Crippen LogP contribution >= 0.6 is 0 Å². The molecule has 0 saturated heterocycles. The highest BCUT2D eigenvalue weighted by Crippen LogP contribution is 1.93. The van der Waals surface area contributed by atoms with Crippen molar-refractivity contribution in [1.29, 1.82) is 0 Å². The van der Waals surface area contributed by atoms with Crippen molar-refractivity contribution in [3.8, 4) is 0 Å². The Hall–Kier alpha value is -0.610. The van der Waals surface area contributed by atoms with Gasteiger partial charge >= 0.3 is 0 Å². The summed E-state index contributed by atoms with van der Waals surface area (Å²) in [6.45, 7) is 4.55. The number of nitrogens with one attached hydrogen (secondary N) is 1. The predicted octanol–water partition coefficient (Wildman–Crippen LogP) is -0.532. The van der Waals surface area contributed by atoms with E-state index in [4.69, 9.17) is 10.8 Å². The molecule has 2 atom stereocenters. The number of amides is 1. The lowest BCUT2D eigenvalue weighted by atomic mass is 10.1. The van der Waals surface area contributed by atoms with Crippen LogP contribution in [0.2, 0.25) is 0 Å². The van der Waals surface area contributed by atoms with Crippen LogP contribution in [0.4, 0.5) is 0 Å². The monoisotopic (exact) mass is 174 g/mol. The molecule has 0 saturated carbocycles. The molecule has 4 N–H and O–H groups in total. The Kier molecular flexibility index (Phi) is 5.66. The van der Waals surface area contributed by atoms with Gasteiger partial charge in [0.2, 0.25) is 5.91 Å². The summed E-state index contributed by atoms with van der Waals surface area (Å²) >= 11 is 0. The molecule has 0 heterocycles. The van der Waals surface area contributed by atoms with Crippen LogP contribution in [-0.2, 0) is 4.79 Å². The number of hydrogen-bond donors (Lipinski definition) is 3. The fourth-order valence-electron chi connectivity index (χ4n) is 0.854. The number of hydrogen-bond acceptors (Lipinski definition) is 3. The van der Waals surface area contributed by atoms with Gasteiger partial charge < -0.3 is 16.2 Å². The minimum absolute atomic E-state index is 0.127. The van der Waals surface area contributed by atoms with E-state index in [0.717, 1.165) is 0 Å². The standard InChI is InChI=1S/C8H18N2O2/c1-3-7(8(9)12)10-4-6(2)5-11/h6-7,10-11H,3-5H2,1-2H3,(H2,9,12). The zero-order chi connectivity index (χ0) is 9.56. The Morgan fingerprint density at radius 3 is 2.58 bits per heavy atom. The van der Waals surface area contributed by atoms with Gasteiger partial charge in [-0.05, 0) is 12.3 Å². The molecule has 72 valence electrons. The summed E-state index contributed by atoms with van der Waals surface area (Å²) in [5, 5.41) is 11.7. The van der Waals surface area contributed by atoms with Crippen LogP contribution in [0.15, 0.2) is 0 Å². The Labute approximate surface area is 73.1 Å². The van der Waals surface area contributed by atoms with Crippen LogP contribution in [0.1, 0.15) is 20.3 Å². The fourth-order valence-corrected chi connectivity index (χ4v) is 0.854. The van der Waals surface area contributed by atoms with Gasteiger partial charge in [0.05, 0.1) is 6.04 Å². The van der Waals surface area contributed by atoms with Crippen molar-refractivity contribution in [2.45, 2.75) is 26.3 Å². The number of aliphatic hydroxyl groups is 1. The first kappa shape index (κ1) is 11.4. The molecule has 0 spiro atoms. The minimum Gasteiger partial charge on any atom is -0.396 e. The molecule has 1 amide bonds. The molecule has 0 aliphatic heterocycles. The molecule has 4 nitrogen and oxygen atoms in total. The molecule has 0 aromatic heterocycles. The fraction of sp³-hybridized carbons (Fsp3) is 0.875. The summed E-state index contributed by atoms with van der Waals surface area (Å²) < 4.78 is 0. The zero-order valence-corrected chi connectivity index (χ0v) is 7.71. The van der Waals surface area contributed by atoms with Gasteiger partial charge in [0, 0.05) is 13.2 Å². The van der Waals surface area contributed by atoms with E-state index in [1.165, 1.54) is 0 Å². The first-order chi connectivity index (χ1) is 5.61. The number of nitrogens with two attached hydrogens (primary N) is 1. The Morgan fingerprint density at radius 1 is 1.67 bits per heavy atom. The maximum absolute atomic E-state index is 10.7. The van der Waals surface area contributed by atoms with Gasteiger partial charge in [-0.25, -0.2) is 0 Å². The smallest absolute Gasteiger partial charge is 0.234 e. The van der Waals surface area contributed by atoms with E-state index in [1.54, 1.807) is 0 Å². The van der Waals surface area contributed by atoms with E-state index in [9.17, 15) is 4.79 Å². The normalized spacial score (nSPS) is 15.6. The number of carbonyl (C=O) groups is 1. The van der Waals surface area contributed by atoms with Crippen molar-refractivity contribution in [3.63, 3.8) is 0 Å². The topological polar surface area (TPSA) is 75.3 Å². The summed E-state index contributed by atoms with van der Waals surface area (Å²) in [5.41, 5.74) is 5.11. The van der Waals surface area contributed by atoms with Gasteiger partial charge in [0.1, 0.15) is 0 Å². The van der Waals surface area contributed by atoms with Gasteiger partial charge in [0.15, 0.2) is 0 Å². The SMILES string of the molecule is CCC(NCC(C)CO)C(N)=O. The van der Waals surface area contributed by atoms with Crippen molar-refractivity contribution in [2.75, 3.05) is 13.2 Å². The van der Waals surface area contributed by atoms with E-state index < -0.39 is 0 Å². The molecule has 0 bridgehead atoms. The average Bonchev–Trinajstić information content (AvgIpc) is 2.04. The quantitative estimate of drug-likeness (QED) is 0.506. The molecule has 0 radical (unpaired) electrons. The van der Waals surface area contributed by atoms with Gasteiger partial charge in [-0.15, -0.1) is 0 Å². The van der Waals surface area contributed by atoms with Crippen LogP contribution in [0.25, 0.3) is 0 Å². The van der Waals surface area contributed by atoms with Crippen molar-refractivity contribution in [2.24, 2.45) is 11.7 Å². The minimum atomic E-state index is -0.331. The Morgan fingerprint density at radius 2 is 2.25 bits per heavy atom. The third-order valence-electron chi connectivity index (χ3n) is 1.78. The molecular formula is C8H18N2O2. The molecule has 0 fully saturated rings. The molecule has 0 aliphatic rings. The molecule has 0 aromatic carbocycles. The van der Waals surface area contributed by atoms with E-state index in [1.807, 2.05) is 13.8 Å². The summed E-state index contributed by atoms with van der Waals surface area (Å²) in [5.74, 6) is -0.166. The summed E-state index contributed by atoms with van der Waals surface area (Å²) in [4.78, 5) is 10.7. The lowest BCUT2D eigenvalue weighted by Gasteiger charge is -2.15. The van der Waals surface area contributed by atoms with Gasteiger partial charge in [-0.1, -0.05) is 13.8 Å². The summed E-state index contributed by atoms with van der Waals surface area (Å²) in [6.07, 6.45) is 0.688. The summed E-state index contributed by atoms with van der Waals surface area (Å²) in [7, 11) is 0. The molecular weight excluding hydrogens is 156 g/mol. The number of carbonyl (C=O) groups excluding carboxylic acids is 1. The van der Waals surface area contributed by atoms with Crippen LogP contribution < -0.4 is 11.1 Å². The lowest BCUT2D eigenvalue weighted by molar-refractivity contribution is -0.120. The third kappa shape index (κ3) is 4.31. The highest BCUT2D eigenvalue weighted by atomic mass is 16.3. The average molecular weight is 174 g/mol. The van der Waals surface area contributed by atoms with Crippen molar-refractivity contribution in [1.82, 2.24) is 5.32 Å². The number of rotatable bonds is 6. The van der Waals surface area contributed by atoms with E-state index in [2.05, 4.69) is 5.32 Å². The molecule has 4 heteroatoms. The second kappa shape index (κ2) is 5.97. The second-order valence-corrected chi connectivity index (χ2v) is 3.06. The van der Waals surface area contributed by atoms with E-state index >= 15 is 0 Å². The van der Waals surface area contributed by atoms with Crippen molar-refractivity contribution >= 4 is 5.91 Å². The van der Waals surface area contributed by atoms with Gasteiger partial charge in [-0.2, -0.15) is 0 Å². The number of aliphatic hydroxyl groups excluding tert-OH is 1. The molecule has 0 aliphatic carbocycles. The largest absolute Gasteiger partial charge is 0.396 e. The Balaban J connectivity index is 3.65. The van der Waals surface area contributed by atoms with Crippen LogP contribution in [0.3, 0.4) is 0 Å². The van der Waals surface area contributed by atoms with Crippen molar-refractivity contribution < 1.29 is 9.90 Å². The first-order valence-corrected chi connectivity index (χ1v) is 4.25. The highest BCUT2D eigenvalue weighted by Gasteiger charge is 2.12. The van der Waals surface area contributed by atoms with Crippen molar-refractivity contribution in [3.05, 3.63) is 0 Å². The molecule has 12 heavy (non-hydrogen) atoms. The molecule has 0 rings (SSSR count). The second-order valence-electron chi connectivity index (χ2n) is 3.06. The maximum atomic E-state index is 10.7. The molecule has 0 aromatic rings. The highest BCUT2D eigenvalue weighted by molar-refractivity contribution is 5.79. The molecule has 2 unspecified atom stereocenters. The van der Waals surface area contributed by atoms with Crippen LogP contribution in [0.5, 0.6) is 0 Å². The predicted molar refractivity (Wildman–Crippen MR) is 47.5 cm³/mol.